The van der Waals surface area contributed by atoms with Crippen molar-refractivity contribution < 1.29 is 19.8 Å². The molecule has 0 aliphatic carbocycles. The van der Waals surface area contributed by atoms with E-state index in [1.54, 1.807) is 19.2 Å². The molecule has 1 rings (SSSR count). The Morgan fingerprint density at radius 2 is 2.12 bits per heavy atom. The molecule has 0 atom stereocenters. The van der Waals surface area contributed by atoms with Crippen LogP contribution in [-0.4, -0.2) is 34.4 Å². The van der Waals surface area contributed by atoms with E-state index < -0.39 is 17.6 Å². The molecule has 0 saturated heterocycles. The first-order chi connectivity index (χ1) is 7.79. The number of carbonyl (C=O) groups excluding carboxylic acids is 1. The topological polar surface area (TPSA) is 98.7 Å². The monoisotopic (exact) mass is 258 g/mol. The van der Waals surface area contributed by atoms with Gasteiger partial charge in [-0.3, -0.25) is 5.32 Å². The smallest absolute Gasteiger partial charge is 0.338 e. The van der Waals surface area contributed by atoms with Crippen molar-refractivity contribution in [3.8, 4) is 0 Å². The second-order valence-electron chi connectivity index (χ2n) is 4.09. The van der Waals surface area contributed by atoms with Gasteiger partial charge in [0.15, 0.2) is 0 Å². The molecule has 0 unspecified atom stereocenters. The summed E-state index contributed by atoms with van der Waals surface area (Å²) in [6, 6.07) is 0.871. The maximum Gasteiger partial charge on any atom is 0.338 e. The van der Waals surface area contributed by atoms with Gasteiger partial charge in [0.2, 0.25) is 0 Å². The Morgan fingerprint density at radius 1 is 1.47 bits per heavy atom. The number of anilines is 1. The molecule has 0 fully saturated rings. The minimum atomic E-state index is -1.09. The molecule has 1 aromatic rings. The molecule has 6 nitrogen and oxygen atoms in total. The third kappa shape index (κ3) is 4.41. The van der Waals surface area contributed by atoms with Crippen molar-refractivity contribution in [1.29, 1.82) is 0 Å². The minimum absolute atomic E-state index is 0.0495. The van der Waals surface area contributed by atoms with E-state index in [4.69, 9.17) is 5.11 Å². The van der Waals surface area contributed by atoms with Gasteiger partial charge in [-0.05, 0) is 25.3 Å². The number of thiophene rings is 1. The van der Waals surface area contributed by atoms with Crippen LogP contribution in [0.4, 0.5) is 9.80 Å². The summed E-state index contributed by atoms with van der Waals surface area (Å²) >= 11 is 1.12. The fourth-order valence-corrected chi connectivity index (χ4v) is 1.79. The van der Waals surface area contributed by atoms with E-state index in [2.05, 4.69) is 10.6 Å². The van der Waals surface area contributed by atoms with E-state index >= 15 is 0 Å². The average Bonchev–Trinajstić information content (AvgIpc) is 2.62. The summed E-state index contributed by atoms with van der Waals surface area (Å²) < 4.78 is 0. The van der Waals surface area contributed by atoms with Crippen LogP contribution in [0.15, 0.2) is 11.4 Å². The predicted molar refractivity (Wildman–Crippen MR) is 64.6 cm³/mol. The molecule has 7 heteroatoms. The first kappa shape index (κ1) is 13.5. The van der Waals surface area contributed by atoms with Crippen molar-refractivity contribution in [3.63, 3.8) is 0 Å². The van der Waals surface area contributed by atoms with Crippen LogP contribution >= 0.6 is 11.3 Å². The number of urea groups is 1. The largest absolute Gasteiger partial charge is 0.478 e. The first-order valence-corrected chi connectivity index (χ1v) is 5.75. The molecule has 0 aliphatic rings. The van der Waals surface area contributed by atoms with Gasteiger partial charge in [0.1, 0.15) is 5.00 Å². The summed E-state index contributed by atoms with van der Waals surface area (Å²) in [5.74, 6) is -1.09. The van der Waals surface area contributed by atoms with E-state index in [0.717, 1.165) is 11.3 Å². The number of aliphatic hydroxyl groups is 1. The van der Waals surface area contributed by atoms with Gasteiger partial charge < -0.3 is 15.5 Å². The van der Waals surface area contributed by atoms with Crippen LogP contribution in [-0.2, 0) is 0 Å². The predicted octanol–water partition coefficient (Wildman–Crippen LogP) is 1.34. The lowest BCUT2D eigenvalue weighted by atomic mass is 10.1. The number of hydrogen-bond donors (Lipinski definition) is 4. The molecule has 2 amide bonds. The summed E-state index contributed by atoms with van der Waals surface area (Å²) in [4.78, 5) is 22.2. The highest BCUT2D eigenvalue weighted by molar-refractivity contribution is 7.14. The fraction of sp³-hybridized carbons (Fsp3) is 0.400. The lowest BCUT2D eigenvalue weighted by Gasteiger charge is -2.17. The zero-order chi connectivity index (χ0) is 13.1. The van der Waals surface area contributed by atoms with Crippen molar-refractivity contribution in [1.82, 2.24) is 5.32 Å². The third-order valence-corrected chi connectivity index (χ3v) is 2.63. The number of carboxylic acids is 1. The Kier molecular flexibility index (Phi) is 4.08. The van der Waals surface area contributed by atoms with Gasteiger partial charge in [-0.25, -0.2) is 9.59 Å². The molecule has 0 aromatic carbocycles. The number of carboxylic acid groups (broad SMARTS) is 1. The molecule has 1 heterocycles. The zero-order valence-electron chi connectivity index (χ0n) is 9.48. The van der Waals surface area contributed by atoms with E-state index in [1.165, 1.54) is 6.07 Å². The number of hydrogen-bond acceptors (Lipinski definition) is 4. The Morgan fingerprint density at radius 3 is 2.65 bits per heavy atom. The van der Waals surface area contributed by atoms with Gasteiger partial charge in [0.05, 0.1) is 11.2 Å². The Bertz CT molecular complexity index is 422. The lowest BCUT2D eigenvalue weighted by molar-refractivity contribution is 0.0698. The van der Waals surface area contributed by atoms with Crippen LogP contribution in [0, 0.1) is 0 Å². The van der Waals surface area contributed by atoms with Crippen molar-refractivity contribution in [3.05, 3.63) is 17.0 Å². The number of amides is 2. The van der Waals surface area contributed by atoms with Gasteiger partial charge in [-0.2, -0.15) is 0 Å². The second kappa shape index (κ2) is 5.15. The van der Waals surface area contributed by atoms with Crippen LogP contribution in [0.2, 0.25) is 0 Å². The average molecular weight is 258 g/mol. The fourth-order valence-electron chi connectivity index (χ4n) is 1.02. The van der Waals surface area contributed by atoms with E-state index in [9.17, 15) is 14.7 Å². The van der Waals surface area contributed by atoms with Gasteiger partial charge >= 0.3 is 12.0 Å². The van der Waals surface area contributed by atoms with Gasteiger partial charge in [0.25, 0.3) is 0 Å². The molecule has 0 spiro atoms. The van der Waals surface area contributed by atoms with Gasteiger partial charge in [-0.15, -0.1) is 11.3 Å². The highest BCUT2D eigenvalue weighted by atomic mass is 32.1. The molecule has 0 radical (unpaired) electrons. The highest BCUT2D eigenvalue weighted by Crippen LogP contribution is 2.22. The highest BCUT2D eigenvalue weighted by Gasteiger charge is 2.16. The number of rotatable bonds is 4. The van der Waals surface area contributed by atoms with E-state index in [1.807, 2.05) is 0 Å². The first-order valence-electron chi connectivity index (χ1n) is 4.87. The maximum absolute atomic E-state index is 11.4. The number of carbonyl (C=O) groups is 2. The van der Waals surface area contributed by atoms with Crippen LogP contribution in [0.5, 0.6) is 0 Å². The molecule has 0 aliphatic heterocycles. The Hall–Kier alpha value is -1.60. The third-order valence-electron chi connectivity index (χ3n) is 1.80. The van der Waals surface area contributed by atoms with E-state index in [-0.39, 0.29) is 17.1 Å². The van der Waals surface area contributed by atoms with Gasteiger partial charge in [-0.1, -0.05) is 0 Å². The molecular formula is C10H14N2O4S. The standard InChI is InChI=1S/C10H14N2O4S/c1-10(2,16)5-11-9(15)12-7-6(8(13)14)3-4-17-7/h3-4,16H,5H2,1-2H3,(H,13,14)(H2,11,12,15). The normalized spacial score (nSPS) is 11.0. The summed E-state index contributed by atoms with van der Waals surface area (Å²) in [7, 11) is 0. The molecule has 94 valence electrons. The second-order valence-corrected chi connectivity index (χ2v) is 5.00. The Balaban J connectivity index is 2.57. The summed E-state index contributed by atoms with van der Waals surface area (Å²) in [6.07, 6.45) is 0. The maximum atomic E-state index is 11.4. The van der Waals surface area contributed by atoms with Crippen LogP contribution < -0.4 is 10.6 Å². The molecule has 0 saturated carbocycles. The van der Waals surface area contributed by atoms with Gasteiger partial charge in [0, 0.05) is 6.54 Å². The molecule has 0 bridgehead atoms. The van der Waals surface area contributed by atoms with Crippen LogP contribution in [0.3, 0.4) is 0 Å². The SMILES string of the molecule is CC(C)(O)CNC(=O)Nc1sccc1C(=O)O. The van der Waals surface area contributed by atoms with Crippen molar-refractivity contribution in [2.75, 3.05) is 11.9 Å². The summed E-state index contributed by atoms with van der Waals surface area (Å²) in [5, 5.41) is 24.9. The lowest BCUT2D eigenvalue weighted by Crippen LogP contribution is -2.40. The summed E-state index contributed by atoms with van der Waals surface area (Å²) in [5.41, 5.74) is -0.962. The zero-order valence-corrected chi connectivity index (χ0v) is 10.3. The molecule has 4 N–H and O–H groups in total. The van der Waals surface area contributed by atoms with Crippen molar-refractivity contribution >= 4 is 28.3 Å². The summed E-state index contributed by atoms with van der Waals surface area (Å²) in [6.45, 7) is 3.19. The Labute approximate surface area is 102 Å². The van der Waals surface area contributed by atoms with Crippen LogP contribution in [0.1, 0.15) is 24.2 Å². The molecular weight excluding hydrogens is 244 g/mol. The molecule has 17 heavy (non-hydrogen) atoms. The van der Waals surface area contributed by atoms with Crippen LogP contribution in [0.25, 0.3) is 0 Å². The van der Waals surface area contributed by atoms with E-state index in [0.29, 0.717) is 0 Å². The molecule has 1 aromatic heterocycles. The van der Waals surface area contributed by atoms with Crippen molar-refractivity contribution in [2.24, 2.45) is 0 Å². The number of aromatic carboxylic acids is 1. The quantitative estimate of drug-likeness (QED) is 0.655. The number of nitrogens with one attached hydrogen (secondary N) is 2. The van der Waals surface area contributed by atoms with Crippen molar-refractivity contribution in [2.45, 2.75) is 19.4 Å². The minimum Gasteiger partial charge on any atom is -0.478 e.